The van der Waals surface area contributed by atoms with Crippen molar-refractivity contribution in [2.24, 2.45) is 0 Å². The molecule has 0 saturated heterocycles. The van der Waals surface area contributed by atoms with Crippen LogP contribution in [-0.4, -0.2) is 10.8 Å². The van der Waals surface area contributed by atoms with E-state index in [1.165, 1.54) is 6.92 Å². The maximum atomic E-state index is 10.8. The van der Waals surface area contributed by atoms with Crippen LogP contribution in [0.5, 0.6) is 0 Å². The number of nitrogens with zero attached hydrogens (tertiary/aromatic N) is 1. The van der Waals surface area contributed by atoms with Crippen LogP contribution in [0.4, 0.5) is 0 Å². The summed E-state index contributed by atoms with van der Waals surface area (Å²) in [4.78, 5) is 14.7. The molecule has 0 atom stereocenters. The van der Waals surface area contributed by atoms with Crippen molar-refractivity contribution in [3.8, 4) is 0 Å². The summed E-state index contributed by atoms with van der Waals surface area (Å²) in [6.07, 6.45) is 0. The van der Waals surface area contributed by atoms with Gasteiger partial charge in [0.25, 0.3) is 0 Å². The molecule has 0 radical (unpaired) electrons. The summed E-state index contributed by atoms with van der Waals surface area (Å²) >= 11 is 5.45. The van der Waals surface area contributed by atoms with Crippen LogP contribution in [0.2, 0.25) is 0 Å². The highest BCUT2D eigenvalue weighted by molar-refractivity contribution is 6.16. The molecule has 0 unspecified atom stereocenters. The van der Waals surface area contributed by atoms with E-state index in [-0.39, 0.29) is 11.7 Å². The van der Waals surface area contributed by atoms with Gasteiger partial charge >= 0.3 is 0 Å². The van der Waals surface area contributed by atoms with Crippen molar-refractivity contribution in [1.29, 1.82) is 0 Å². The van der Waals surface area contributed by atoms with E-state index in [9.17, 15) is 4.79 Å². The van der Waals surface area contributed by atoms with Crippen molar-refractivity contribution < 1.29 is 9.21 Å². The van der Waals surface area contributed by atoms with Gasteiger partial charge in [0.1, 0.15) is 11.5 Å². The molecule has 0 fully saturated rings. The largest absolute Gasteiger partial charge is 0.444 e. The molecule has 0 aliphatic rings. The third-order valence-corrected chi connectivity index (χ3v) is 1.52. The summed E-state index contributed by atoms with van der Waals surface area (Å²) in [7, 11) is 0. The molecule has 4 heteroatoms. The third-order valence-electron chi connectivity index (χ3n) is 1.29. The topological polar surface area (TPSA) is 43.1 Å². The molecule has 0 aliphatic heterocycles. The summed E-state index contributed by atoms with van der Waals surface area (Å²) in [6, 6.07) is 0. The van der Waals surface area contributed by atoms with Crippen molar-refractivity contribution >= 4 is 17.4 Å². The minimum absolute atomic E-state index is 0.0948. The first kappa shape index (κ1) is 8.27. The minimum atomic E-state index is -0.0948. The molecule has 1 aromatic rings. The summed E-state index contributed by atoms with van der Waals surface area (Å²) in [6.45, 7) is 3.14. The first-order valence-corrected chi connectivity index (χ1v) is 3.71. The minimum Gasteiger partial charge on any atom is -0.444 e. The van der Waals surface area contributed by atoms with Crippen molar-refractivity contribution in [2.75, 3.05) is 0 Å². The predicted molar refractivity (Wildman–Crippen MR) is 40.8 cm³/mol. The fourth-order valence-electron chi connectivity index (χ4n) is 0.835. The van der Waals surface area contributed by atoms with Crippen molar-refractivity contribution in [2.45, 2.75) is 19.7 Å². The van der Waals surface area contributed by atoms with Gasteiger partial charge in [0.2, 0.25) is 5.89 Å². The fraction of sp³-hybridized carbons (Fsp3) is 0.429. The van der Waals surface area contributed by atoms with Crippen LogP contribution in [-0.2, 0) is 5.88 Å². The van der Waals surface area contributed by atoms with Gasteiger partial charge in [-0.05, 0) is 6.92 Å². The van der Waals surface area contributed by atoms with Gasteiger partial charge in [-0.15, -0.1) is 11.6 Å². The summed E-state index contributed by atoms with van der Waals surface area (Å²) in [5, 5.41) is 0. The first-order chi connectivity index (χ1) is 5.15. The van der Waals surface area contributed by atoms with Gasteiger partial charge in [0.15, 0.2) is 5.78 Å². The highest BCUT2D eigenvalue weighted by Crippen LogP contribution is 2.11. The van der Waals surface area contributed by atoms with E-state index >= 15 is 0 Å². The molecule has 0 aliphatic carbocycles. The molecule has 0 saturated carbocycles. The molecule has 0 amide bonds. The monoisotopic (exact) mass is 173 g/mol. The highest BCUT2D eigenvalue weighted by atomic mass is 35.5. The van der Waals surface area contributed by atoms with Crippen LogP contribution >= 0.6 is 11.6 Å². The number of carbonyl (C=O) groups excluding carboxylic acids is 1. The zero-order chi connectivity index (χ0) is 8.43. The van der Waals surface area contributed by atoms with E-state index < -0.39 is 0 Å². The Bertz CT molecular complexity index is 280. The summed E-state index contributed by atoms with van der Waals surface area (Å²) in [5.41, 5.74) is 0.376. The number of aromatic nitrogens is 1. The normalized spacial score (nSPS) is 10.1. The number of rotatable bonds is 2. The fourth-order valence-corrected chi connectivity index (χ4v) is 0.949. The average Bonchev–Trinajstić information content (AvgIpc) is 2.30. The maximum Gasteiger partial charge on any atom is 0.210 e. The lowest BCUT2D eigenvalue weighted by molar-refractivity contribution is 0.101. The number of aryl methyl sites for hydroxylation is 1. The van der Waals surface area contributed by atoms with E-state index in [1.807, 2.05) is 0 Å². The second-order valence-corrected chi connectivity index (χ2v) is 2.47. The number of oxazole rings is 1. The van der Waals surface area contributed by atoms with Crippen molar-refractivity contribution in [3.63, 3.8) is 0 Å². The second-order valence-electron chi connectivity index (χ2n) is 2.20. The summed E-state index contributed by atoms with van der Waals surface area (Å²) in [5.74, 6) is 1.04. The van der Waals surface area contributed by atoms with Gasteiger partial charge in [-0.3, -0.25) is 4.79 Å². The lowest BCUT2D eigenvalue weighted by atomic mass is 10.3. The molecule has 1 aromatic heterocycles. The van der Waals surface area contributed by atoms with Crippen LogP contribution < -0.4 is 0 Å². The Kier molecular flexibility index (Phi) is 2.29. The Balaban J connectivity index is 3.07. The first-order valence-electron chi connectivity index (χ1n) is 3.18. The molecule has 0 N–H and O–H groups in total. The SMILES string of the molecule is CC(=O)c1nc(CCl)oc1C. The molecule has 0 aromatic carbocycles. The Hall–Kier alpha value is -0.830. The van der Waals surface area contributed by atoms with Gasteiger partial charge in [0, 0.05) is 6.92 Å². The van der Waals surface area contributed by atoms with E-state index in [0.29, 0.717) is 17.3 Å². The predicted octanol–water partition coefficient (Wildman–Crippen LogP) is 1.92. The van der Waals surface area contributed by atoms with E-state index in [0.717, 1.165) is 0 Å². The molecule has 1 rings (SSSR count). The van der Waals surface area contributed by atoms with Crippen LogP contribution in [0, 0.1) is 6.92 Å². The highest BCUT2D eigenvalue weighted by Gasteiger charge is 2.11. The van der Waals surface area contributed by atoms with Crippen LogP contribution in [0.15, 0.2) is 4.42 Å². The van der Waals surface area contributed by atoms with Gasteiger partial charge in [-0.25, -0.2) is 4.98 Å². The number of ketones is 1. The Morgan fingerprint density at radius 2 is 2.36 bits per heavy atom. The molecule has 3 nitrogen and oxygen atoms in total. The van der Waals surface area contributed by atoms with E-state index in [4.69, 9.17) is 16.0 Å². The van der Waals surface area contributed by atoms with Crippen LogP contribution in [0.1, 0.15) is 29.1 Å². The average molecular weight is 174 g/mol. The van der Waals surface area contributed by atoms with Gasteiger partial charge in [-0.2, -0.15) is 0 Å². The van der Waals surface area contributed by atoms with Gasteiger partial charge < -0.3 is 4.42 Å². The summed E-state index contributed by atoms with van der Waals surface area (Å²) < 4.78 is 5.06. The molecular weight excluding hydrogens is 166 g/mol. The Labute approximate surface area is 69.4 Å². The lowest BCUT2D eigenvalue weighted by Crippen LogP contribution is -1.94. The number of halogens is 1. The van der Waals surface area contributed by atoms with Gasteiger partial charge in [0.05, 0.1) is 5.88 Å². The zero-order valence-corrected chi connectivity index (χ0v) is 7.10. The molecule has 60 valence electrons. The smallest absolute Gasteiger partial charge is 0.210 e. The number of carbonyl (C=O) groups is 1. The molecule has 1 heterocycles. The number of Topliss-reactive ketones (excluding diaryl/α,β-unsaturated/α-hetero) is 1. The van der Waals surface area contributed by atoms with Gasteiger partial charge in [-0.1, -0.05) is 0 Å². The number of alkyl halides is 1. The van der Waals surface area contributed by atoms with E-state index in [2.05, 4.69) is 4.98 Å². The molecule has 0 spiro atoms. The van der Waals surface area contributed by atoms with E-state index in [1.54, 1.807) is 6.92 Å². The number of hydrogen-bond acceptors (Lipinski definition) is 3. The van der Waals surface area contributed by atoms with Crippen LogP contribution in [0.3, 0.4) is 0 Å². The quantitative estimate of drug-likeness (QED) is 0.507. The Morgan fingerprint density at radius 1 is 1.73 bits per heavy atom. The number of hydrogen-bond donors (Lipinski definition) is 0. The lowest BCUT2D eigenvalue weighted by Gasteiger charge is -1.84. The standard InChI is InChI=1S/C7H8ClNO2/c1-4(10)7-5(2)11-6(3-8)9-7/h3H2,1-2H3. The molecule has 11 heavy (non-hydrogen) atoms. The molecular formula is C7H8ClNO2. The third kappa shape index (κ3) is 1.60. The molecule has 0 bridgehead atoms. The maximum absolute atomic E-state index is 10.8. The van der Waals surface area contributed by atoms with Crippen LogP contribution in [0.25, 0.3) is 0 Å². The van der Waals surface area contributed by atoms with Crippen molar-refractivity contribution in [3.05, 3.63) is 17.3 Å². The second kappa shape index (κ2) is 3.05. The zero-order valence-electron chi connectivity index (χ0n) is 6.35. The van der Waals surface area contributed by atoms with Crippen molar-refractivity contribution in [1.82, 2.24) is 4.98 Å². The Morgan fingerprint density at radius 3 is 2.64 bits per heavy atom.